The summed E-state index contributed by atoms with van der Waals surface area (Å²) >= 11 is 0. The molecule has 0 unspecified atom stereocenters. The number of hydrogen-bond donors (Lipinski definition) is 2. The molecule has 2 N–H and O–H groups in total. The van der Waals surface area contributed by atoms with Gasteiger partial charge in [0, 0.05) is 0 Å². The summed E-state index contributed by atoms with van der Waals surface area (Å²) in [4.78, 5) is 10.8. The normalized spacial score (nSPS) is 12.2. The molecule has 0 bridgehead atoms. The van der Waals surface area contributed by atoms with E-state index in [0.29, 0.717) is 0 Å². The topological polar surface area (TPSA) is 66.8 Å². The van der Waals surface area contributed by atoms with Gasteiger partial charge in [-0.2, -0.15) is 0 Å². The Labute approximate surface area is 85.9 Å². The number of carbonyl (C=O) groups is 1. The fourth-order valence-corrected chi connectivity index (χ4v) is 1.09. The second kappa shape index (κ2) is 4.75. The lowest BCUT2D eigenvalue weighted by atomic mass is 10.1. The Morgan fingerprint density at radius 3 is 2.80 bits per heavy atom. The van der Waals surface area contributed by atoms with Gasteiger partial charge in [0.25, 0.3) is 0 Å². The Morgan fingerprint density at radius 2 is 2.27 bits per heavy atom. The SMILES string of the molecule is COC(=O)C[C@H](O)c1ccc(O)c(F)c1. The highest BCUT2D eigenvalue weighted by atomic mass is 19.1. The average Bonchev–Trinajstić information content (AvgIpc) is 2.21. The Morgan fingerprint density at radius 1 is 1.60 bits per heavy atom. The lowest BCUT2D eigenvalue weighted by molar-refractivity contribution is -0.142. The molecule has 0 amide bonds. The summed E-state index contributed by atoms with van der Waals surface area (Å²) in [6, 6.07) is 3.43. The number of rotatable bonds is 3. The summed E-state index contributed by atoms with van der Waals surface area (Å²) in [5.41, 5.74) is 0.218. The molecule has 0 radical (unpaired) electrons. The van der Waals surface area contributed by atoms with Gasteiger partial charge in [-0.25, -0.2) is 4.39 Å². The van der Waals surface area contributed by atoms with Crippen LogP contribution in [0.3, 0.4) is 0 Å². The third-order valence-corrected chi connectivity index (χ3v) is 1.94. The molecule has 0 fully saturated rings. The van der Waals surface area contributed by atoms with Crippen LogP contribution in [0.2, 0.25) is 0 Å². The van der Waals surface area contributed by atoms with E-state index in [0.717, 1.165) is 12.1 Å². The first-order chi connectivity index (χ1) is 7.04. The number of ether oxygens (including phenoxy) is 1. The molecule has 1 aromatic rings. The minimum atomic E-state index is -1.13. The maximum absolute atomic E-state index is 12.9. The fraction of sp³-hybridized carbons (Fsp3) is 0.300. The zero-order valence-electron chi connectivity index (χ0n) is 8.11. The van der Waals surface area contributed by atoms with Crippen molar-refractivity contribution < 1.29 is 24.1 Å². The van der Waals surface area contributed by atoms with Crippen molar-refractivity contribution in [2.24, 2.45) is 0 Å². The number of aromatic hydroxyl groups is 1. The van der Waals surface area contributed by atoms with Gasteiger partial charge in [-0.1, -0.05) is 6.07 Å². The van der Waals surface area contributed by atoms with Crippen molar-refractivity contribution in [3.8, 4) is 5.75 Å². The highest BCUT2D eigenvalue weighted by Gasteiger charge is 2.14. The summed E-state index contributed by atoms with van der Waals surface area (Å²) in [6.45, 7) is 0. The first-order valence-corrected chi connectivity index (χ1v) is 4.28. The molecule has 0 aliphatic carbocycles. The third-order valence-electron chi connectivity index (χ3n) is 1.94. The van der Waals surface area contributed by atoms with Gasteiger partial charge in [-0.05, 0) is 17.7 Å². The molecule has 1 aromatic carbocycles. The van der Waals surface area contributed by atoms with Gasteiger partial charge in [-0.15, -0.1) is 0 Å². The van der Waals surface area contributed by atoms with E-state index in [9.17, 15) is 14.3 Å². The van der Waals surface area contributed by atoms with Crippen molar-refractivity contribution in [3.63, 3.8) is 0 Å². The number of phenolic OH excluding ortho intramolecular Hbond substituents is 1. The second-order valence-electron chi connectivity index (χ2n) is 3.01. The first kappa shape index (κ1) is 11.5. The first-order valence-electron chi connectivity index (χ1n) is 4.28. The van der Waals surface area contributed by atoms with Gasteiger partial charge in [0.2, 0.25) is 0 Å². The monoisotopic (exact) mass is 214 g/mol. The quantitative estimate of drug-likeness (QED) is 0.740. The molecular formula is C10H11FO4. The van der Waals surface area contributed by atoms with Crippen LogP contribution in [0.5, 0.6) is 5.75 Å². The van der Waals surface area contributed by atoms with E-state index in [1.165, 1.54) is 13.2 Å². The van der Waals surface area contributed by atoms with E-state index in [2.05, 4.69) is 4.74 Å². The lowest BCUT2D eigenvalue weighted by Crippen LogP contribution is -2.08. The van der Waals surface area contributed by atoms with E-state index < -0.39 is 23.6 Å². The molecule has 0 aliphatic rings. The van der Waals surface area contributed by atoms with Crippen LogP contribution in [0.25, 0.3) is 0 Å². The van der Waals surface area contributed by atoms with E-state index in [1.54, 1.807) is 0 Å². The minimum absolute atomic E-state index is 0.218. The Hall–Kier alpha value is -1.62. The van der Waals surface area contributed by atoms with Gasteiger partial charge < -0.3 is 14.9 Å². The van der Waals surface area contributed by atoms with E-state index >= 15 is 0 Å². The number of halogens is 1. The predicted molar refractivity (Wildman–Crippen MR) is 49.7 cm³/mol. The zero-order valence-corrected chi connectivity index (χ0v) is 8.11. The summed E-state index contributed by atoms with van der Waals surface area (Å²) in [6.07, 6.45) is -1.38. The van der Waals surface area contributed by atoms with Crippen LogP contribution < -0.4 is 0 Å². The number of aliphatic hydroxyl groups is 1. The Balaban J connectivity index is 2.78. The zero-order chi connectivity index (χ0) is 11.4. The molecule has 4 nitrogen and oxygen atoms in total. The second-order valence-corrected chi connectivity index (χ2v) is 3.01. The van der Waals surface area contributed by atoms with Crippen LogP contribution in [-0.4, -0.2) is 23.3 Å². The van der Waals surface area contributed by atoms with Gasteiger partial charge in [0.15, 0.2) is 11.6 Å². The molecule has 0 saturated heterocycles. The van der Waals surface area contributed by atoms with Gasteiger partial charge in [0.05, 0.1) is 19.6 Å². The molecule has 0 aromatic heterocycles. The van der Waals surface area contributed by atoms with Gasteiger partial charge in [-0.3, -0.25) is 4.79 Å². The molecule has 1 rings (SSSR count). The summed E-state index contributed by atoms with van der Waals surface area (Å²) in [5.74, 6) is -1.92. The summed E-state index contributed by atoms with van der Waals surface area (Å²) in [7, 11) is 1.20. The van der Waals surface area contributed by atoms with Crippen molar-refractivity contribution in [1.29, 1.82) is 0 Å². The third kappa shape index (κ3) is 2.92. The molecule has 82 valence electrons. The highest BCUT2D eigenvalue weighted by Crippen LogP contribution is 2.22. The Bertz CT molecular complexity index is 364. The van der Waals surface area contributed by atoms with E-state index in [1.807, 2.05) is 0 Å². The van der Waals surface area contributed by atoms with Crippen LogP contribution in [0.4, 0.5) is 4.39 Å². The van der Waals surface area contributed by atoms with E-state index in [4.69, 9.17) is 5.11 Å². The van der Waals surface area contributed by atoms with E-state index in [-0.39, 0.29) is 12.0 Å². The largest absolute Gasteiger partial charge is 0.505 e. The molecule has 1 atom stereocenters. The van der Waals surface area contributed by atoms with Crippen molar-refractivity contribution in [2.45, 2.75) is 12.5 Å². The van der Waals surface area contributed by atoms with Crippen LogP contribution in [-0.2, 0) is 9.53 Å². The number of aliphatic hydroxyl groups excluding tert-OH is 1. The molecular weight excluding hydrogens is 203 g/mol. The van der Waals surface area contributed by atoms with Gasteiger partial charge >= 0.3 is 5.97 Å². The van der Waals surface area contributed by atoms with Crippen LogP contribution in [0.15, 0.2) is 18.2 Å². The fourth-order valence-electron chi connectivity index (χ4n) is 1.09. The standard InChI is InChI=1S/C10H11FO4/c1-15-10(14)5-9(13)6-2-3-8(12)7(11)4-6/h2-4,9,12-13H,5H2,1H3/t9-/m0/s1. The summed E-state index contributed by atoms with van der Waals surface area (Å²) in [5, 5.41) is 18.4. The maximum Gasteiger partial charge on any atom is 0.308 e. The van der Waals surface area contributed by atoms with Crippen LogP contribution in [0.1, 0.15) is 18.1 Å². The number of hydrogen-bond acceptors (Lipinski definition) is 4. The average molecular weight is 214 g/mol. The molecule has 5 heteroatoms. The maximum atomic E-state index is 12.9. The number of phenols is 1. The van der Waals surface area contributed by atoms with Crippen molar-refractivity contribution >= 4 is 5.97 Å². The molecule has 0 heterocycles. The number of methoxy groups -OCH3 is 1. The van der Waals surface area contributed by atoms with Gasteiger partial charge in [0.1, 0.15) is 0 Å². The van der Waals surface area contributed by atoms with Crippen molar-refractivity contribution in [1.82, 2.24) is 0 Å². The Kier molecular flexibility index (Phi) is 3.62. The molecule has 0 saturated carbocycles. The van der Waals surface area contributed by atoms with Crippen LogP contribution >= 0.6 is 0 Å². The molecule has 0 aliphatic heterocycles. The predicted octanol–water partition coefficient (Wildman–Crippen LogP) is 1.13. The van der Waals surface area contributed by atoms with Crippen LogP contribution in [0, 0.1) is 5.82 Å². The smallest absolute Gasteiger partial charge is 0.308 e. The van der Waals surface area contributed by atoms with Crippen molar-refractivity contribution in [2.75, 3.05) is 7.11 Å². The number of benzene rings is 1. The highest BCUT2D eigenvalue weighted by molar-refractivity contribution is 5.70. The summed E-state index contributed by atoms with van der Waals surface area (Å²) < 4.78 is 17.2. The molecule has 0 spiro atoms. The lowest BCUT2D eigenvalue weighted by Gasteiger charge is -2.09. The molecule has 15 heavy (non-hydrogen) atoms. The number of carbonyl (C=O) groups excluding carboxylic acids is 1. The minimum Gasteiger partial charge on any atom is -0.505 e. The van der Waals surface area contributed by atoms with Crippen molar-refractivity contribution in [3.05, 3.63) is 29.6 Å². The number of esters is 1.